The molecule has 1 heterocycles. The standard InChI is InChI=1S/C19H14F4N2O3/c20-13-7-5-12(6-8-13)17-9-14(25-28-17)10-27-11-18(26)24-16-4-2-1-3-15(16)19(21,22)23/h1-9H,10-11H2,(H,24,26). The van der Waals surface area contributed by atoms with E-state index in [1.165, 1.54) is 36.4 Å². The van der Waals surface area contributed by atoms with Crippen LogP contribution in [0.3, 0.4) is 0 Å². The van der Waals surface area contributed by atoms with Gasteiger partial charge in [-0.05, 0) is 36.4 Å². The molecular weight excluding hydrogens is 380 g/mol. The van der Waals surface area contributed by atoms with Crippen LogP contribution in [-0.4, -0.2) is 17.7 Å². The van der Waals surface area contributed by atoms with Crippen molar-refractivity contribution in [3.05, 3.63) is 71.7 Å². The SMILES string of the molecule is O=C(COCc1cc(-c2ccc(F)cc2)on1)Nc1ccccc1C(F)(F)F. The summed E-state index contributed by atoms with van der Waals surface area (Å²) in [6.45, 7) is -0.552. The van der Waals surface area contributed by atoms with E-state index >= 15 is 0 Å². The van der Waals surface area contributed by atoms with Crippen molar-refractivity contribution in [1.29, 1.82) is 0 Å². The van der Waals surface area contributed by atoms with E-state index in [4.69, 9.17) is 9.26 Å². The predicted molar refractivity (Wildman–Crippen MR) is 91.6 cm³/mol. The minimum Gasteiger partial charge on any atom is -0.365 e. The molecule has 146 valence electrons. The summed E-state index contributed by atoms with van der Waals surface area (Å²) >= 11 is 0. The lowest BCUT2D eigenvalue weighted by atomic mass is 10.1. The quantitative estimate of drug-likeness (QED) is 0.618. The first-order chi connectivity index (χ1) is 13.3. The normalized spacial score (nSPS) is 11.4. The van der Waals surface area contributed by atoms with Crippen LogP contribution >= 0.6 is 0 Å². The van der Waals surface area contributed by atoms with Gasteiger partial charge < -0.3 is 14.6 Å². The molecule has 0 bridgehead atoms. The molecule has 0 aliphatic heterocycles. The van der Waals surface area contributed by atoms with Crippen molar-refractivity contribution in [1.82, 2.24) is 5.16 Å². The van der Waals surface area contributed by atoms with Crippen molar-refractivity contribution < 1.29 is 31.6 Å². The van der Waals surface area contributed by atoms with Gasteiger partial charge in [-0.1, -0.05) is 17.3 Å². The maximum absolute atomic E-state index is 12.9. The van der Waals surface area contributed by atoms with Crippen molar-refractivity contribution in [2.75, 3.05) is 11.9 Å². The molecule has 1 N–H and O–H groups in total. The van der Waals surface area contributed by atoms with E-state index in [0.717, 1.165) is 12.1 Å². The van der Waals surface area contributed by atoms with Gasteiger partial charge in [0.05, 0.1) is 17.9 Å². The van der Waals surface area contributed by atoms with Gasteiger partial charge in [-0.3, -0.25) is 4.79 Å². The maximum Gasteiger partial charge on any atom is 0.418 e. The van der Waals surface area contributed by atoms with E-state index in [1.54, 1.807) is 6.07 Å². The molecule has 0 fully saturated rings. The number of hydrogen-bond acceptors (Lipinski definition) is 4. The maximum atomic E-state index is 12.9. The van der Waals surface area contributed by atoms with Crippen molar-refractivity contribution in [2.45, 2.75) is 12.8 Å². The Kier molecular flexibility index (Phi) is 5.74. The van der Waals surface area contributed by atoms with Gasteiger partial charge in [0.25, 0.3) is 0 Å². The number of nitrogens with one attached hydrogen (secondary N) is 1. The lowest BCUT2D eigenvalue weighted by Crippen LogP contribution is -2.20. The molecule has 0 atom stereocenters. The zero-order valence-electron chi connectivity index (χ0n) is 14.3. The molecule has 0 radical (unpaired) electrons. The Morgan fingerprint density at radius 1 is 1.11 bits per heavy atom. The van der Waals surface area contributed by atoms with E-state index in [9.17, 15) is 22.4 Å². The monoisotopic (exact) mass is 394 g/mol. The third-order valence-corrected chi connectivity index (χ3v) is 3.68. The van der Waals surface area contributed by atoms with E-state index in [2.05, 4.69) is 10.5 Å². The lowest BCUT2D eigenvalue weighted by molar-refractivity contribution is -0.137. The summed E-state index contributed by atoms with van der Waals surface area (Å²) in [6.07, 6.45) is -4.58. The fourth-order valence-electron chi connectivity index (χ4n) is 2.40. The van der Waals surface area contributed by atoms with Gasteiger partial charge in [0.1, 0.15) is 18.1 Å². The molecule has 0 aliphatic rings. The number of nitrogens with zero attached hydrogens (tertiary/aromatic N) is 1. The van der Waals surface area contributed by atoms with Crippen LogP contribution in [0.1, 0.15) is 11.3 Å². The minimum absolute atomic E-state index is 0.0843. The summed E-state index contributed by atoms with van der Waals surface area (Å²) in [5.41, 5.74) is -0.295. The molecule has 0 spiro atoms. The number of carbonyl (C=O) groups is 1. The Hall–Kier alpha value is -3.20. The topological polar surface area (TPSA) is 64.4 Å². The molecule has 0 aliphatic carbocycles. The fourth-order valence-corrected chi connectivity index (χ4v) is 2.40. The number of para-hydroxylation sites is 1. The first kappa shape index (κ1) is 19.6. The summed E-state index contributed by atoms with van der Waals surface area (Å²) < 4.78 is 62.0. The molecule has 1 amide bonds. The van der Waals surface area contributed by atoms with Gasteiger partial charge in [-0.25, -0.2) is 4.39 Å². The smallest absolute Gasteiger partial charge is 0.365 e. The number of hydrogen-bond donors (Lipinski definition) is 1. The highest BCUT2D eigenvalue weighted by atomic mass is 19.4. The number of benzene rings is 2. The van der Waals surface area contributed by atoms with Crippen molar-refractivity contribution >= 4 is 11.6 Å². The molecule has 9 heteroatoms. The third kappa shape index (κ3) is 4.95. The Bertz CT molecular complexity index is 952. The molecular formula is C19H14F4N2O3. The van der Waals surface area contributed by atoms with Crippen LogP contribution in [0.25, 0.3) is 11.3 Å². The molecule has 5 nitrogen and oxygen atoms in total. The summed E-state index contributed by atoms with van der Waals surface area (Å²) in [7, 11) is 0. The van der Waals surface area contributed by atoms with Crippen LogP contribution in [0, 0.1) is 5.82 Å². The van der Waals surface area contributed by atoms with Crippen molar-refractivity contribution in [2.24, 2.45) is 0 Å². The largest absolute Gasteiger partial charge is 0.418 e. The number of ether oxygens (including phenoxy) is 1. The summed E-state index contributed by atoms with van der Waals surface area (Å²) in [5.74, 6) is -0.731. The van der Waals surface area contributed by atoms with Crippen molar-refractivity contribution in [3.63, 3.8) is 0 Å². The molecule has 1 aromatic heterocycles. The zero-order valence-corrected chi connectivity index (χ0v) is 14.3. The Balaban J connectivity index is 1.53. The molecule has 2 aromatic carbocycles. The molecule has 0 unspecified atom stereocenters. The Morgan fingerprint density at radius 3 is 2.54 bits per heavy atom. The summed E-state index contributed by atoms with van der Waals surface area (Å²) in [5, 5.41) is 5.94. The molecule has 3 aromatic rings. The second kappa shape index (κ2) is 8.22. The third-order valence-electron chi connectivity index (χ3n) is 3.68. The number of rotatable bonds is 6. The van der Waals surface area contributed by atoms with Crippen LogP contribution in [0.2, 0.25) is 0 Å². The van der Waals surface area contributed by atoms with Gasteiger partial charge in [0.15, 0.2) is 5.76 Å². The number of carbonyl (C=O) groups excluding carboxylic acids is 1. The lowest BCUT2D eigenvalue weighted by Gasteiger charge is -2.13. The fraction of sp³-hybridized carbons (Fsp3) is 0.158. The molecule has 0 saturated carbocycles. The first-order valence-electron chi connectivity index (χ1n) is 8.08. The van der Waals surface area contributed by atoms with E-state index in [1.807, 2.05) is 0 Å². The van der Waals surface area contributed by atoms with Crippen LogP contribution in [-0.2, 0) is 22.3 Å². The average molecular weight is 394 g/mol. The Morgan fingerprint density at radius 2 is 1.82 bits per heavy atom. The second-order valence-electron chi connectivity index (χ2n) is 5.77. The van der Waals surface area contributed by atoms with E-state index in [0.29, 0.717) is 17.0 Å². The van der Waals surface area contributed by atoms with Gasteiger partial charge in [-0.2, -0.15) is 13.2 Å². The summed E-state index contributed by atoms with van der Waals surface area (Å²) in [4.78, 5) is 11.9. The molecule has 3 rings (SSSR count). The van der Waals surface area contributed by atoms with Crippen LogP contribution in [0.15, 0.2) is 59.1 Å². The zero-order chi connectivity index (χ0) is 20.1. The summed E-state index contributed by atoms with van der Waals surface area (Å²) in [6, 6.07) is 11.8. The van der Waals surface area contributed by atoms with Crippen molar-refractivity contribution in [3.8, 4) is 11.3 Å². The average Bonchev–Trinajstić information content (AvgIpc) is 3.11. The highest BCUT2D eigenvalue weighted by Crippen LogP contribution is 2.34. The molecule has 0 saturated heterocycles. The predicted octanol–water partition coefficient (Wildman–Crippen LogP) is 4.65. The van der Waals surface area contributed by atoms with Gasteiger partial charge in [-0.15, -0.1) is 0 Å². The van der Waals surface area contributed by atoms with Crippen LogP contribution in [0.4, 0.5) is 23.2 Å². The number of anilines is 1. The number of halogens is 4. The highest BCUT2D eigenvalue weighted by Gasteiger charge is 2.33. The number of amides is 1. The van der Waals surface area contributed by atoms with Gasteiger partial charge >= 0.3 is 6.18 Å². The Labute approximate surface area is 156 Å². The highest BCUT2D eigenvalue weighted by molar-refractivity contribution is 5.92. The number of alkyl halides is 3. The minimum atomic E-state index is -4.58. The van der Waals surface area contributed by atoms with E-state index < -0.39 is 24.3 Å². The van der Waals surface area contributed by atoms with E-state index in [-0.39, 0.29) is 18.1 Å². The molecule has 28 heavy (non-hydrogen) atoms. The first-order valence-corrected chi connectivity index (χ1v) is 8.08. The van der Waals surface area contributed by atoms with Gasteiger partial charge in [0, 0.05) is 11.6 Å². The van der Waals surface area contributed by atoms with Crippen LogP contribution in [0.5, 0.6) is 0 Å². The number of aromatic nitrogens is 1. The second-order valence-corrected chi connectivity index (χ2v) is 5.77. The van der Waals surface area contributed by atoms with Crippen LogP contribution < -0.4 is 5.32 Å². The van der Waals surface area contributed by atoms with Gasteiger partial charge in [0.2, 0.25) is 5.91 Å².